The van der Waals surface area contributed by atoms with Crippen molar-refractivity contribution in [2.75, 3.05) is 27.3 Å². The molecule has 1 aliphatic heterocycles. The third kappa shape index (κ3) is 3.04. The average molecular weight is 302 g/mol. The summed E-state index contributed by atoms with van der Waals surface area (Å²) in [6.07, 6.45) is -0.732. The summed E-state index contributed by atoms with van der Waals surface area (Å²) in [6, 6.07) is 3.80. The average Bonchev–Trinajstić information content (AvgIpc) is 2.82. The molecular formula is C12H18N2O5S. The Morgan fingerprint density at radius 1 is 1.25 bits per heavy atom. The zero-order valence-electron chi connectivity index (χ0n) is 11.3. The normalized spacial score (nSPS) is 22.8. The zero-order chi connectivity index (χ0) is 14.8. The van der Waals surface area contributed by atoms with Crippen molar-refractivity contribution in [1.82, 2.24) is 10.0 Å². The van der Waals surface area contributed by atoms with Gasteiger partial charge in [-0.3, -0.25) is 0 Å². The Kier molecular flexibility index (Phi) is 4.48. The first kappa shape index (κ1) is 15.0. The second-order valence-corrected chi connectivity index (χ2v) is 6.18. The molecule has 2 rings (SSSR count). The summed E-state index contributed by atoms with van der Waals surface area (Å²) in [5, 5.41) is 12.6. The highest BCUT2D eigenvalue weighted by Crippen LogP contribution is 2.29. The molecule has 0 spiro atoms. The van der Waals surface area contributed by atoms with Crippen LogP contribution in [0.5, 0.6) is 11.5 Å². The van der Waals surface area contributed by atoms with Gasteiger partial charge in [0.15, 0.2) is 11.5 Å². The summed E-state index contributed by atoms with van der Waals surface area (Å²) in [4.78, 5) is 0.0641. The monoisotopic (exact) mass is 302 g/mol. The first-order valence-corrected chi connectivity index (χ1v) is 7.59. The van der Waals surface area contributed by atoms with E-state index in [2.05, 4.69) is 10.0 Å². The van der Waals surface area contributed by atoms with Gasteiger partial charge in [-0.1, -0.05) is 0 Å². The Hall–Kier alpha value is -1.35. The lowest BCUT2D eigenvalue weighted by Crippen LogP contribution is -2.42. The highest BCUT2D eigenvalue weighted by Gasteiger charge is 2.30. The van der Waals surface area contributed by atoms with Crippen molar-refractivity contribution in [3.63, 3.8) is 0 Å². The summed E-state index contributed by atoms with van der Waals surface area (Å²) in [7, 11) is -0.806. The van der Waals surface area contributed by atoms with Crippen LogP contribution in [0.3, 0.4) is 0 Å². The molecule has 112 valence electrons. The van der Waals surface area contributed by atoms with Crippen LogP contribution in [-0.4, -0.2) is 53.0 Å². The maximum Gasteiger partial charge on any atom is 0.241 e. The van der Waals surface area contributed by atoms with Crippen LogP contribution in [0.4, 0.5) is 0 Å². The highest BCUT2D eigenvalue weighted by molar-refractivity contribution is 7.89. The standard InChI is InChI=1S/C12H18N2O5S/c1-18-11-4-3-8(5-12(11)19-2)20(16,17)14-9-6-13-7-10(9)15/h3-5,9-10,13-15H,6-7H2,1-2H3/t9-,10-/m1/s1. The number of aliphatic hydroxyl groups excluding tert-OH is 1. The molecule has 1 fully saturated rings. The Balaban J connectivity index is 2.25. The van der Waals surface area contributed by atoms with E-state index in [1.54, 1.807) is 0 Å². The topological polar surface area (TPSA) is 96.9 Å². The summed E-state index contributed by atoms with van der Waals surface area (Å²) in [6.45, 7) is 0.771. The molecule has 8 heteroatoms. The van der Waals surface area contributed by atoms with Crippen molar-refractivity contribution in [1.29, 1.82) is 0 Å². The molecule has 0 bridgehead atoms. The third-order valence-electron chi connectivity index (χ3n) is 3.15. The lowest BCUT2D eigenvalue weighted by Gasteiger charge is -2.16. The number of sulfonamides is 1. The molecule has 1 saturated heterocycles. The largest absolute Gasteiger partial charge is 0.493 e. The molecule has 1 aromatic carbocycles. The van der Waals surface area contributed by atoms with E-state index in [9.17, 15) is 13.5 Å². The van der Waals surface area contributed by atoms with Crippen molar-refractivity contribution in [3.05, 3.63) is 18.2 Å². The number of β-amino-alcohol motifs (C(OH)–C–C–N with tert-alkyl or cyclic N) is 1. The number of hydrogen-bond donors (Lipinski definition) is 3. The van der Waals surface area contributed by atoms with Crippen LogP contribution in [0.15, 0.2) is 23.1 Å². The van der Waals surface area contributed by atoms with Crippen LogP contribution in [0.25, 0.3) is 0 Å². The van der Waals surface area contributed by atoms with E-state index < -0.39 is 22.2 Å². The van der Waals surface area contributed by atoms with E-state index in [1.165, 1.54) is 32.4 Å². The SMILES string of the molecule is COc1ccc(S(=O)(=O)N[C@@H]2CNC[C@H]2O)cc1OC. The van der Waals surface area contributed by atoms with Gasteiger partial charge in [0.2, 0.25) is 10.0 Å². The third-order valence-corrected chi connectivity index (χ3v) is 4.64. The van der Waals surface area contributed by atoms with Crippen LogP contribution in [-0.2, 0) is 10.0 Å². The van der Waals surface area contributed by atoms with Crippen molar-refractivity contribution >= 4 is 10.0 Å². The van der Waals surface area contributed by atoms with Crippen molar-refractivity contribution < 1.29 is 23.0 Å². The van der Waals surface area contributed by atoms with Gasteiger partial charge in [0.1, 0.15) is 0 Å². The lowest BCUT2D eigenvalue weighted by atomic mass is 10.2. The van der Waals surface area contributed by atoms with Crippen molar-refractivity contribution in [3.8, 4) is 11.5 Å². The fourth-order valence-electron chi connectivity index (χ4n) is 2.04. The van der Waals surface area contributed by atoms with Gasteiger partial charge in [0, 0.05) is 19.2 Å². The maximum absolute atomic E-state index is 12.3. The van der Waals surface area contributed by atoms with Crippen molar-refractivity contribution in [2.24, 2.45) is 0 Å². The first-order valence-electron chi connectivity index (χ1n) is 6.11. The minimum Gasteiger partial charge on any atom is -0.493 e. The molecule has 0 aliphatic carbocycles. The molecule has 2 atom stereocenters. The van der Waals surface area contributed by atoms with E-state index >= 15 is 0 Å². The Morgan fingerprint density at radius 3 is 2.50 bits per heavy atom. The van der Waals surface area contributed by atoms with Gasteiger partial charge in [0.25, 0.3) is 0 Å². The quantitative estimate of drug-likeness (QED) is 0.666. The van der Waals surface area contributed by atoms with E-state index in [0.29, 0.717) is 24.6 Å². The molecule has 0 radical (unpaired) electrons. The van der Waals surface area contributed by atoms with Crippen LogP contribution in [0.1, 0.15) is 0 Å². The predicted molar refractivity (Wildman–Crippen MR) is 72.5 cm³/mol. The van der Waals surface area contributed by atoms with E-state index in [0.717, 1.165) is 0 Å². The number of hydrogen-bond acceptors (Lipinski definition) is 6. The number of ether oxygens (including phenoxy) is 2. The number of benzene rings is 1. The van der Waals surface area contributed by atoms with Crippen LogP contribution < -0.4 is 19.5 Å². The van der Waals surface area contributed by atoms with Gasteiger partial charge in [-0.15, -0.1) is 0 Å². The lowest BCUT2D eigenvalue weighted by molar-refractivity contribution is 0.173. The smallest absolute Gasteiger partial charge is 0.241 e. The Bertz CT molecular complexity index is 575. The molecule has 1 aliphatic rings. The summed E-state index contributed by atoms with van der Waals surface area (Å²) < 4.78 is 37.1. The van der Waals surface area contributed by atoms with Gasteiger partial charge < -0.3 is 19.9 Å². The number of methoxy groups -OCH3 is 2. The van der Waals surface area contributed by atoms with Gasteiger partial charge in [-0.25, -0.2) is 13.1 Å². The molecule has 0 amide bonds. The molecule has 3 N–H and O–H groups in total. The minimum atomic E-state index is -3.72. The summed E-state index contributed by atoms with van der Waals surface area (Å²) >= 11 is 0. The minimum absolute atomic E-state index is 0.0641. The van der Waals surface area contributed by atoms with Gasteiger partial charge in [-0.2, -0.15) is 0 Å². The van der Waals surface area contributed by atoms with Gasteiger partial charge in [0.05, 0.1) is 31.3 Å². The predicted octanol–water partition coefficient (Wildman–Crippen LogP) is -0.685. The Labute approximate surface area is 117 Å². The number of aliphatic hydroxyl groups is 1. The van der Waals surface area contributed by atoms with Crippen LogP contribution in [0, 0.1) is 0 Å². The van der Waals surface area contributed by atoms with Crippen molar-refractivity contribution in [2.45, 2.75) is 17.0 Å². The summed E-state index contributed by atoms with van der Waals surface area (Å²) in [5.74, 6) is 0.787. The fourth-order valence-corrected chi connectivity index (χ4v) is 3.32. The molecule has 7 nitrogen and oxygen atoms in total. The van der Waals surface area contributed by atoms with Crippen LogP contribution >= 0.6 is 0 Å². The number of nitrogens with one attached hydrogen (secondary N) is 2. The first-order chi connectivity index (χ1) is 9.47. The molecule has 20 heavy (non-hydrogen) atoms. The highest BCUT2D eigenvalue weighted by atomic mass is 32.2. The Morgan fingerprint density at radius 2 is 1.95 bits per heavy atom. The van der Waals surface area contributed by atoms with Gasteiger partial charge in [-0.05, 0) is 12.1 Å². The second-order valence-electron chi connectivity index (χ2n) is 4.47. The van der Waals surface area contributed by atoms with E-state index in [1.807, 2.05) is 0 Å². The van der Waals surface area contributed by atoms with E-state index in [-0.39, 0.29) is 4.90 Å². The molecule has 0 unspecified atom stereocenters. The fraction of sp³-hybridized carbons (Fsp3) is 0.500. The van der Waals surface area contributed by atoms with Gasteiger partial charge >= 0.3 is 0 Å². The summed E-state index contributed by atoms with van der Waals surface area (Å²) in [5.41, 5.74) is 0. The second kappa shape index (κ2) is 5.96. The van der Waals surface area contributed by atoms with E-state index in [4.69, 9.17) is 9.47 Å². The van der Waals surface area contributed by atoms with Crippen LogP contribution in [0.2, 0.25) is 0 Å². The molecule has 1 heterocycles. The zero-order valence-corrected chi connectivity index (χ0v) is 12.1. The maximum atomic E-state index is 12.3. The molecular weight excluding hydrogens is 284 g/mol. The number of rotatable bonds is 5. The molecule has 1 aromatic rings. The molecule has 0 aromatic heterocycles. The molecule has 0 saturated carbocycles.